The molecule has 2 fully saturated rings. The van der Waals surface area contributed by atoms with Gasteiger partial charge in [-0.1, -0.05) is 6.92 Å². The normalized spacial score (nSPS) is 19.2. The number of piperidine rings is 1. The van der Waals surface area contributed by atoms with E-state index in [2.05, 4.69) is 43.0 Å². The first-order valence-corrected chi connectivity index (χ1v) is 11.9. The number of alkyl halides is 6. The molecule has 0 radical (unpaired) electrons. The van der Waals surface area contributed by atoms with Crippen molar-refractivity contribution in [1.82, 2.24) is 20.2 Å². The first-order chi connectivity index (χ1) is 18.6. The maximum absolute atomic E-state index is 10.6. The summed E-state index contributed by atoms with van der Waals surface area (Å²) in [4.78, 5) is 31.4. The molecule has 4 rings (SSSR count). The summed E-state index contributed by atoms with van der Waals surface area (Å²) >= 11 is 0. The minimum Gasteiger partial charge on any atom is -0.475 e. The average molecular weight is 583 g/mol. The lowest BCUT2D eigenvalue weighted by Gasteiger charge is -2.38. The van der Waals surface area contributed by atoms with Crippen molar-refractivity contribution in [1.29, 1.82) is 0 Å². The van der Waals surface area contributed by atoms with Crippen molar-refractivity contribution in [3.05, 3.63) is 35.8 Å². The molecular weight excluding hydrogens is 554 g/mol. The Morgan fingerprint density at radius 2 is 1.52 bits per heavy atom. The second-order valence-electron chi connectivity index (χ2n) is 8.73. The van der Waals surface area contributed by atoms with Gasteiger partial charge in [0.05, 0.1) is 18.4 Å². The van der Waals surface area contributed by atoms with Crippen molar-refractivity contribution in [3.8, 4) is 0 Å². The minimum atomic E-state index is -5.08. The summed E-state index contributed by atoms with van der Waals surface area (Å²) in [6.07, 6.45) is -4.06. The van der Waals surface area contributed by atoms with Crippen LogP contribution in [0.2, 0.25) is 0 Å². The molecule has 2 aromatic rings. The van der Waals surface area contributed by atoms with Crippen molar-refractivity contribution >= 4 is 23.7 Å². The molecule has 2 saturated heterocycles. The van der Waals surface area contributed by atoms with Crippen LogP contribution >= 0.6 is 0 Å². The molecule has 0 aromatic carbocycles. The number of anilines is 2. The predicted molar refractivity (Wildman–Crippen MR) is 128 cm³/mol. The number of carboxylic acid groups (broad SMARTS) is 2. The lowest BCUT2D eigenvalue weighted by atomic mass is 9.93. The van der Waals surface area contributed by atoms with E-state index < -0.39 is 24.3 Å². The zero-order valence-corrected chi connectivity index (χ0v) is 21.5. The lowest BCUT2D eigenvalue weighted by molar-refractivity contribution is -0.193. The number of aryl methyl sites for hydroxylation is 2. The number of hydrogen-bond acceptors (Lipinski definition) is 9. The fraction of sp³-hybridized carbons (Fsp3) is 0.565. The summed E-state index contributed by atoms with van der Waals surface area (Å²) in [5, 5.41) is 22.8. The van der Waals surface area contributed by atoms with Gasteiger partial charge in [0.15, 0.2) is 5.82 Å². The van der Waals surface area contributed by atoms with E-state index in [0.717, 1.165) is 56.5 Å². The van der Waals surface area contributed by atoms with E-state index in [0.29, 0.717) is 12.5 Å². The number of rotatable bonds is 3. The van der Waals surface area contributed by atoms with E-state index in [1.165, 1.54) is 5.56 Å². The average Bonchev–Trinajstić information content (AvgIpc) is 3.11. The smallest absolute Gasteiger partial charge is 0.475 e. The molecule has 222 valence electrons. The monoisotopic (exact) mass is 582 g/mol. The first-order valence-electron chi connectivity index (χ1n) is 11.9. The van der Waals surface area contributed by atoms with Crippen molar-refractivity contribution in [2.45, 2.75) is 45.1 Å². The Hall–Kier alpha value is -3.76. The van der Waals surface area contributed by atoms with Crippen LogP contribution < -0.4 is 9.80 Å². The number of carbonyl (C=O) groups is 2. The fourth-order valence-electron chi connectivity index (χ4n) is 3.70. The summed E-state index contributed by atoms with van der Waals surface area (Å²) in [5.41, 5.74) is 2.12. The van der Waals surface area contributed by atoms with Gasteiger partial charge in [-0.2, -0.15) is 31.4 Å². The number of fused-ring (bicyclic) bond motifs is 1. The first kappa shape index (κ1) is 32.5. The third-order valence-corrected chi connectivity index (χ3v) is 5.82. The predicted octanol–water partition coefficient (Wildman–Crippen LogP) is 3.14. The summed E-state index contributed by atoms with van der Waals surface area (Å²) in [6.45, 7) is 8.42. The van der Waals surface area contributed by atoms with E-state index in [1.807, 2.05) is 25.4 Å². The minimum absolute atomic E-state index is 0.210. The van der Waals surface area contributed by atoms with Gasteiger partial charge in [0.1, 0.15) is 0 Å². The van der Waals surface area contributed by atoms with Crippen molar-refractivity contribution in [2.24, 2.45) is 5.92 Å². The van der Waals surface area contributed by atoms with Crippen LogP contribution in [0.5, 0.6) is 0 Å². The van der Waals surface area contributed by atoms with E-state index in [-0.39, 0.29) is 6.10 Å². The third kappa shape index (κ3) is 10.1. The highest BCUT2D eigenvalue weighted by Gasteiger charge is 2.39. The van der Waals surface area contributed by atoms with Gasteiger partial charge in [0.25, 0.3) is 0 Å². The highest BCUT2D eigenvalue weighted by molar-refractivity contribution is 5.73. The Morgan fingerprint density at radius 1 is 0.950 bits per heavy atom. The van der Waals surface area contributed by atoms with Crippen LogP contribution in [0.15, 0.2) is 24.5 Å². The van der Waals surface area contributed by atoms with Gasteiger partial charge < -0.3 is 24.7 Å². The van der Waals surface area contributed by atoms with Crippen LogP contribution in [0.4, 0.5) is 38.1 Å². The van der Waals surface area contributed by atoms with Gasteiger partial charge in [-0.3, -0.25) is 0 Å². The Balaban J connectivity index is 0.000000333. The summed E-state index contributed by atoms with van der Waals surface area (Å²) in [6, 6.07) is 4.08. The zero-order valence-electron chi connectivity index (χ0n) is 21.5. The molecule has 2 N–H and O–H groups in total. The maximum atomic E-state index is 10.6. The second kappa shape index (κ2) is 14.0. The van der Waals surface area contributed by atoms with Crippen LogP contribution in [-0.4, -0.2) is 93.6 Å². The molecule has 11 nitrogen and oxygen atoms in total. The summed E-state index contributed by atoms with van der Waals surface area (Å²) < 4.78 is 69.7. The van der Waals surface area contributed by atoms with Gasteiger partial charge >= 0.3 is 24.3 Å². The summed E-state index contributed by atoms with van der Waals surface area (Å²) in [5.74, 6) is -3.26. The Labute approximate surface area is 224 Å². The molecule has 2 aliphatic rings. The largest absolute Gasteiger partial charge is 0.490 e. The Kier molecular flexibility index (Phi) is 11.4. The zero-order chi connectivity index (χ0) is 30.1. The molecule has 0 unspecified atom stereocenters. The SMILES string of the molecule is CCc1cnc(N2CC[C@@H]3CN(c4ccc(C)nn4)CCO[C@@H]3C2)nc1.O=C(O)C(F)(F)F.O=C(O)C(F)(F)F. The van der Waals surface area contributed by atoms with Crippen LogP contribution in [0.25, 0.3) is 0 Å². The number of aromatic nitrogens is 4. The third-order valence-electron chi connectivity index (χ3n) is 5.82. The maximum Gasteiger partial charge on any atom is 0.490 e. The molecule has 0 bridgehead atoms. The molecule has 0 aliphatic carbocycles. The molecule has 0 saturated carbocycles. The van der Waals surface area contributed by atoms with Crippen LogP contribution in [0, 0.1) is 12.8 Å². The van der Waals surface area contributed by atoms with E-state index in [1.54, 1.807) is 0 Å². The standard InChI is InChI=1S/C19H26N6O.2C2HF3O2/c1-3-15-10-20-19(21-11-15)25-7-6-16-12-24(8-9-26-17(16)13-25)18-5-4-14(2)22-23-18;2*3-2(4,5)1(6)7/h4-5,10-11,16-17H,3,6-9,12-13H2,1-2H3;2*(H,6,7)/t16-,17-;;/m1../s1. The number of ether oxygens (including phenoxy) is 1. The fourth-order valence-corrected chi connectivity index (χ4v) is 3.70. The van der Waals surface area contributed by atoms with E-state index in [9.17, 15) is 26.3 Å². The summed E-state index contributed by atoms with van der Waals surface area (Å²) in [7, 11) is 0. The molecule has 40 heavy (non-hydrogen) atoms. The van der Waals surface area contributed by atoms with Crippen LogP contribution in [0.1, 0.15) is 24.6 Å². The van der Waals surface area contributed by atoms with E-state index >= 15 is 0 Å². The highest BCUT2D eigenvalue weighted by atomic mass is 19.4. The number of halogens is 6. The Bertz CT molecular complexity index is 1080. The van der Waals surface area contributed by atoms with Gasteiger partial charge in [-0.05, 0) is 37.5 Å². The molecule has 17 heteroatoms. The number of carboxylic acids is 2. The molecule has 2 aliphatic heterocycles. The van der Waals surface area contributed by atoms with Crippen LogP contribution in [-0.2, 0) is 20.7 Å². The second-order valence-corrected chi connectivity index (χ2v) is 8.73. The topological polar surface area (TPSA) is 142 Å². The molecule has 2 aromatic heterocycles. The quantitative estimate of drug-likeness (QED) is 0.516. The molecular formula is C23H28F6N6O5. The van der Waals surface area contributed by atoms with Crippen molar-refractivity contribution in [2.75, 3.05) is 42.6 Å². The molecule has 2 atom stereocenters. The van der Waals surface area contributed by atoms with Crippen molar-refractivity contribution < 1.29 is 50.9 Å². The van der Waals surface area contributed by atoms with Gasteiger partial charge in [-0.15, -0.1) is 5.10 Å². The Morgan fingerprint density at radius 3 is 2.00 bits per heavy atom. The number of aliphatic carboxylic acids is 2. The highest BCUT2D eigenvalue weighted by Crippen LogP contribution is 2.27. The van der Waals surface area contributed by atoms with Crippen LogP contribution in [0.3, 0.4) is 0 Å². The van der Waals surface area contributed by atoms with Gasteiger partial charge in [-0.25, -0.2) is 19.6 Å². The van der Waals surface area contributed by atoms with Gasteiger partial charge in [0.2, 0.25) is 5.95 Å². The van der Waals surface area contributed by atoms with E-state index in [4.69, 9.17) is 24.5 Å². The van der Waals surface area contributed by atoms with Crippen molar-refractivity contribution in [3.63, 3.8) is 0 Å². The molecule has 0 spiro atoms. The number of nitrogens with zero attached hydrogens (tertiary/aromatic N) is 6. The molecule has 0 amide bonds. The lowest BCUT2D eigenvalue weighted by Crippen LogP contribution is -2.47. The molecule has 4 heterocycles. The van der Waals surface area contributed by atoms with Gasteiger partial charge in [0, 0.05) is 44.5 Å². The number of hydrogen-bond donors (Lipinski definition) is 2.